The first-order chi connectivity index (χ1) is 10.2. The number of benzene rings is 1. The molecule has 0 atom stereocenters. The maximum absolute atomic E-state index is 5.18. The molecule has 0 saturated carbocycles. The summed E-state index contributed by atoms with van der Waals surface area (Å²) in [4.78, 5) is 6.68. The van der Waals surface area contributed by atoms with Crippen LogP contribution in [0.5, 0.6) is 5.75 Å². The molecule has 0 spiro atoms. The smallest absolute Gasteiger partial charge is 0.118 e. The first kappa shape index (κ1) is 15.3. The van der Waals surface area contributed by atoms with Crippen LogP contribution in [0.1, 0.15) is 18.2 Å². The fourth-order valence-corrected chi connectivity index (χ4v) is 2.25. The fourth-order valence-electron chi connectivity index (χ4n) is 2.25. The molecule has 0 radical (unpaired) electrons. The summed E-state index contributed by atoms with van der Waals surface area (Å²) in [5.41, 5.74) is 3.46. The zero-order valence-corrected chi connectivity index (χ0v) is 13.0. The molecule has 1 heterocycles. The number of hydrogen-bond acceptors (Lipinski definition) is 4. The molecule has 1 aromatic heterocycles. The molecule has 0 aliphatic carbocycles. The Bertz CT molecular complexity index is 554. The van der Waals surface area contributed by atoms with Gasteiger partial charge in [-0.15, -0.1) is 0 Å². The number of methoxy groups -OCH3 is 1. The second-order valence-corrected chi connectivity index (χ2v) is 5.09. The Morgan fingerprint density at radius 3 is 2.57 bits per heavy atom. The van der Waals surface area contributed by atoms with Gasteiger partial charge in [0.25, 0.3) is 0 Å². The van der Waals surface area contributed by atoms with Crippen molar-refractivity contribution in [1.29, 1.82) is 0 Å². The Kier molecular flexibility index (Phi) is 5.58. The van der Waals surface area contributed by atoms with Gasteiger partial charge in [-0.3, -0.25) is 9.88 Å². The molecule has 0 unspecified atom stereocenters. The highest BCUT2D eigenvalue weighted by atomic mass is 16.5. The molecule has 4 heteroatoms. The largest absolute Gasteiger partial charge is 0.497 e. The normalized spacial score (nSPS) is 10.7. The Morgan fingerprint density at radius 1 is 1.14 bits per heavy atom. The number of rotatable bonds is 7. The lowest BCUT2D eigenvalue weighted by atomic mass is 10.2. The van der Waals surface area contributed by atoms with Crippen LogP contribution >= 0.6 is 0 Å². The molecule has 0 amide bonds. The van der Waals surface area contributed by atoms with Crippen LogP contribution in [-0.2, 0) is 13.1 Å². The SMILES string of the molecule is CCNc1ccnc(CN(C)Cc2ccc(OC)cc2)c1. The maximum atomic E-state index is 5.18. The van der Waals surface area contributed by atoms with E-state index in [1.165, 1.54) is 5.56 Å². The van der Waals surface area contributed by atoms with E-state index in [0.717, 1.165) is 36.8 Å². The van der Waals surface area contributed by atoms with E-state index in [2.05, 4.69) is 47.4 Å². The van der Waals surface area contributed by atoms with E-state index in [0.29, 0.717) is 0 Å². The highest BCUT2D eigenvalue weighted by Crippen LogP contribution is 2.14. The van der Waals surface area contributed by atoms with Crippen LogP contribution in [0.4, 0.5) is 5.69 Å². The van der Waals surface area contributed by atoms with Crippen LogP contribution in [0, 0.1) is 0 Å². The van der Waals surface area contributed by atoms with Gasteiger partial charge in [-0.1, -0.05) is 12.1 Å². The Morgan fingerprint density at radius 2 is 1.90 bits per heavy atom. The molecular formula is C17H23N3O. The van der Waals surface area contributed by atoms with Crippen molar-refractivity contribution in [3.8, 4) is 5.75 Å². The first-order valence-corrected chi connectivity index (χ1v) is 7.21. The van der Waals surface area contributed by atoms with Crippen molar-refractivity contribution in [3.05, 3.63) is 53.9 Å². The monoisotopic (exact) mass is 285 g/mol. The molecule has 21 heavy (non-hydrogen) atoms. The number of hydrogen-bond donors (Lipinski definition) is 1. The van der Waals surface area contributed by atoms with Crippen LogP contribution in [0.2, 0.25) is 0 Å². The minimum atomic E-state index is 0.825. The Balaban J connectivity index is 1.94. The molecule has 112 valence electrons. The van der Waals surface area contributed by atoms with Crippen LogP contribution in [0.15, 0.2) is 42.6 Å². The number of nitrogens with one attached hydrogen (secondary N) is 1. The summed E-state index contributed by atoms with van der Waals surface area (Å²) in [6.45, 7) is 4.73. The fraction of sp³-hybridized carbons (Fsp3) is 0.353. The van der Waals surface area contributed by atoms with Crippen molar-refractivity contribution >= 4 is 5.69 Å². The van der Waals surface area contributed by atoms with Crippen LogP contribution in [0.3, 0.4) is 0 Å². The zero-order chi connectivity index (χ0) is 15.1. The van der Waals surface area contributed by atoms with Crippen molar-refractivity contribution in [2.75, 3.05) is 26.0 Å². The Labute approximate surface area is 126 Å². The molecule has 1 aromatic carbocycles. The van der Waals surface area contributed by atoms with Crippen molar-refractivity contribution in [2.45, 2.75) is 20.0 Å². The third-order valence-electron chi connectivity index (χ3n) is 3.24. The molecule has 0 aliphatic rings. The highest BCUT2D eigenvalue weighted by molar-refractivity contribution is 5.42. The third-order valence-corrected chi connectivity index (χ3v) is 3.24. The van der Waals surface area contributed by atoms with Crippen molar-refractivity contribution < 1.29 is 4.74 Å². The maximum Gasteiger partial charge on any atom is 0.118 e. The predicted octanol–water partition coefficient (Wildman–Crippen LogP) is 3.15. The molecule has 0 fully saturated rings. The Hall–Kier alpha value is -2.07. The molecule has 0 aliphatic heterocycles. The van der Waals surface area contributed by atoms with E-state index in [1.807, 2.05) is 24.4 Å². The summed E-state index contributed by atoms with van der Waals surface area (Å²) in [6, 6.07) is 12.3. The average Bonchev–Trinajstić information content (AvgIpc) is 2.48. The molecule has 2 rings (SSSR count). The summed E-state index contributed by atoms with van der Waals surface area (Å²) in [5, 5.41) is 3.31. The zero-order valence-electron chi connectivity index (χ0n) is 13.0. The number of anilines is 1. The van der Waals surface area contributed by atoms with Gasteiger partial charge >= 0.3 is 0 Å². The summed E-state index contributed by atoms with van der Waals surface area (Å²) < 4.78 is 5.18. The van der Waals surface area contributed by atoms with Gasteiger partial charge in [0.15, 0.2) is 0 Å². The third kappa shape index (κ3) is 4.76. The van der Waals surface area contributed by atoms with Crippen LogP contribution in [-0.4, -0.2) is 30.6 Å². The van der Waals surface area contributed by atoms with Crippen LogP contribution < -0.4 is 10.1 Å². The number of pyridine rings is 1. The van der Waals surface area contributed by atoms with Gasteiger partial charge in [-0.2, -0.15) is 0 Å². The van der Waals surface area contributed by atoms with Gasteiger partial charge in [-0.25, -0.2) is 0 Å². The lowest BCUT2D eigenvalue weighted by molar-refractivity contribution is 0.315. The summed E-state index contributed by atoms with van der Waals surface area (Å²) in [5.74, 6) is 0.890. The standard InChI is InChI=1S/C17H23N3O/c1-4-18-15-9-10-19-16(11-15)13-20(2)12-14-5-7-17(21-3)8-6-14/h5-11H,4,12-13H2,1-3H3,(H,18,19). The van der Waals surface area contributed by atoms with Crippen molar-refractivity contribution in [1.82, 2.24) is 9.88 Å². The second kappa shape index (κ2) is 7.64. The van der Waals surface area contributed by atoms with Gasteiger partial charge in [0.1, 0.15) is 5.75 Å². The molecule has 4 nitrogen and oxygen atoms in total. The van der Waals surface area contributed by atoms with Gasteiger partial charge < -0.3 is 10.1 Å². The second-order valence-electron chi connectivity index (χ2n) is 5.09. The van der Waals surface area contributed by atoms with Crippen molar-refractivity contribution in [3.63, 3.8) is 0 Å². The molecule has 1 N–H and O–H groups in total. The number of aromatic nitrogens is 1. The van der Waals surface area contributed by atoms with E-state index in [9.17, 15) is 0 Å². The van der Waals surface area contributed by atoms with Gasteiger partial charge in [0.05, 0.1) is 12.8 Å². The minimum Gasteiger partial charge on any atom is -0.497 e. The van der Waals surface area contributed by atoms with Crippen LogP contribution in [0.25, 0.3) is 0 Å². The topological polar surface area (TPSA) is 37.4 Å². The van der Waals surface area contributed by atoms with Gasteiger partial charge in [0.2, 0.25) is 0 Å². The predicted molar refractivity (Wildman–Crippen MR) is 86.6 cm³/mol. The van der Waals surface area contributed by atoms with Gasteiger partial charge in [0, 0.05) is 31.5 Å². The molecule has 2 aromatic rings. The highest BCUT2D eigenvalue weighted by Gasteiger charge is 2.04. The molecule has 0 bridgehead atoms. The quantitative estimate of drug-likeness (QED) is 0.848. The van der Waals surface area contributed by atoms with Crippen molar-refractivity contribution in [2.24, 2.45) is 0 Å². The van der Waals surface area contributed by atoms with E-state index in [4.69, 9.17) is 4.74 Å². The van der Waals surface area contributed by atoms with E-state index in [-0.39, 0.29) is 0 Å². The molecule has 0 saturated heterocycles. The first-order valence-electron chi connectivity index (χ1n) is 7.21. The summed E-state index contributed by atoms with van der Waals surface area (Å²) in [6.07, 6.45) is 1.86. The lowest BCUT2D eigenvalue weighted by Crippen LogP contribution is -2.18. The average molecular weight is 285 g/mol. The van der Waals surface area contributed by atoms with Gasteiger partial charge in [-0.05, 0) is 43.8 Å². The lowest BCUT2D eigenvalue weighted by Gasteiger charge is -2.17. The summed E-state index contributed by atoms with van der Waals surface area (Å²) >= 11 is 0. The number of nitrogens with zero attached hydrogens (tertiary/aromatic N) is 2. The van der Waals surface area contributed by atoms with E-state index < -0.39 is 0 Å². The molecular weight excluding hydrogens is 262 g/mol. The van der Waals surface area contributed by atoms with E-state index >= 15 is 0 Å². The van der Waals surface area contributed by atoms with E-state index in [1.54, 1.807) is 7.11 Å². The minimum absolute atomic E-state index is 0.825. The number of ether oxygens (including phenoxy) is 1. The summed E-state index contributed by atoms with van der Waals surface area (Å²) in [7, 11) is 3.79.